The van der Waals surface area contributed by atoms with Crippen LogP contribution in [0.1, 0.15) is 13.8 Å². The molecule has 0 radical (unpaired) electrons. The molecule has 0 saturated carbocycles. The summed E-state index contributed by atoms with van der Waals surface area (Å²) in [6.07, 6.45) is 0. The zero-order chi connectivity index (χ0) is 16.2. The van der Waals surface area contributed by atoms with Crippen LogP contribution in [0.3, 0.4) is 0 Å². The van der Waals surface area contributed by atoms with Crippen molar-refractivity contribution in [3.63, 3.8) is 0 Å². The van der Waals surface area contributed by atoms with E-state index < -0.39 is 34.3 Å². The fourth-order valence-corrected chi connectivity index (χ4v) is 2.27. The number of amides is 1. The minimum absolute atomic E-state index is 0.106. The van der Waals surface area contributed by atoms with Crippen LogP contribution in [0.15, 0.2) is 18.2 Å². The van der Waals surface area contributed by atoms with Gasteiger partial charge in [0.2, 0.25) is 5.91 Å². The van der Waals surface area contributed by atoms with Crippen LogP contribution in [0.2, 0.25) is 0 Å². The first-order valence-electron chi connectivity index (χ1n) is 6.00. The monoisotopic (exact) mass is 318 g/mol. The molecule has 1 atom stereocenters. The molecule has 1 aromatic rings. The number of carboxylic acids is 1. The zero-order valence-corrected chi connectivity index (χ0v) is 12.3. The number of carbonyl (C=O) groups excluding carboxylic acids is 1. The molecular weight excluding hydrogens is 302 g/mol. The predicted octanol–water partition coefficient (Wildman–Crippen LogP) is 1.83. The molecule has 0 unspecified atom stereocenters. The molecule has 0 aliphatic carbocycles. The molecule has 1 amide bonds. The average molecular weight is 318 g/mol. The third-order valence-electron chi connectivity index (χ3n) is 2.80. The number of halogens is 2. The summed E-state index contributed by atoms with van der Waals surface area (Å²) in [5, 5.41) is 11.1. The minimum Gasteiger partial charge on any atom is -0.480 e. The molecule has 0 fully saturated rings. The van der Waals surface area contributed by atoms with Gasteiger partial charge in [-0.2, -0.15) is 0 Å². The van der Waals surface area contributed by atoms with Crippen molar-refractivity contribution in [3.8, 4) is 0 Å². The maximum absolute atomic E-state index is 13.4. The van der Waals surface area contributed by atoms with Crippen LogP contribution >= 0.6 is 11.8 Å². The summed E-state index contributed by atoms with van der Waals surface area (Å²) in [6.45, 7) is 3.20. The van der Waals surface area contributed by atoms with Gasteiger partial charge in [0, 0.05) is 10.8 Å². The van der Waals surface area contributed by atoms with Crippen LogP contribution in [-0.4, -0.2) is 33.5 Å². The van der Waals surface area contributed by atoms with E-state index >= 15 is 0 Å². The first-order chi connectivity index (χ1) is 9.63. The van der Waals surface area contributed by atoms with Gasteiger partial charge in [-0.1, -0.05) is 0 Å². The lowest BCUT2D eigenvalue weighted by Gasteiger charge is -2.27. The average Bonchev–Trinajstić information content (AvgIpc) is 2.39. The number of hydrogen-bond acceptors (Lipinski definition) is 4. The van der Waals surface area contributed by atoms with Gasteiger partial charge in [0.25, 0.3) is 0 Å². The molecule has 21 heavy (non-hydrogen) atoms. The summed E-state index contributed by atoms with van der Waals surface area (Å²) >= 11 is 1.04. The summed E-state index contributed by atoms with van der Waals surface area (Å²) in [7, 11) is 0. The number of nitrogens with two attached hydrogens (primary N) is 1. The van der Waals surface area contributed by atoms with Crippen molar-refractivity contribution in [2.24, 2.45) is 5.73 Å². The summed E-state index contributed by atoms with van der Waals surface area (Å²) in [4.78, 5) is 22.5. The second-order valence-corrected chi connectivity index (χ2v) is 6.51. The number of carboxylic acid groups (broad SMARTS) is 1. The number of rotatable bonds is 6. The molecular formula is C13H16F2N2O3S. The maximum Gasteiger partial charge on any atom is 0.321 e. The minimum atomic E-state index is -1.17. The Balaban J connectivity index is 2.60. The molecule has 0 bridgehead atoms. The van der Waals surface area contributed by atoms with E-state index in [4.69, 9.17) is 10.8 Å². The topological polar surface area (TPSA) is 92.4 Å². The molecule has 0 saturated heterocycles. The Bertz CT molecular complexity index is 552. The Labute approximate surface area is 124 Å². The highest BCUT2D eigenvalue weighted by Gasteiger charge is 2.33. The van der Waals surface area contributed by atoms with Crippen molar-refractivity contribution in [1.82, 2.24) is 0 Å². The van der Waals surface area contributed by atoms with E-state index in [2.05, 4.69) is 5.32 Å². The first kappa shape index (κ1) is 17.4. The Kier molecular flexibility index (Phi) is 5.68. The van der Waals surface area contributed by atoms with Crippen molar-refractivity contribution in [3.05, 3.63) is 29.8 Å². The lowest BCUT2D eigenvalue weighted by molar-refractivity contribution is -0.139. The highest BCUT2D eigenvalue weighted by atomic mass is 32.2. The molecule has 0 aromatic heterocycles. The molecule has 0 aliphatic rings. The van der Waals surface area contributed by atoms with Crippen molar-refractivity contribution in [1.29, 1.82) is 0 Å². The van der Waals surface area contributed by atoms with Crippen molar-refractivity contribution in [2.45, 2.75) is 24.6 Å². The number of nitrogens with one attached hydrogen (secondary N) is 1. The Morgan fingerprint density at radius 2 is 2.05 bits per heavy atom. The maximum atomic E-state index is 13.4. The normalized spacial score (nSPS) is 12.8. The van der Waals surface area contributed by atoms with Crippen LogP contribution in [0.5, 0.6) is 0 Å². The number of benzene rings is 1. The van der Waals surface area contributed by atoms with E-state index in [0.29, 0.717) is 6.07 Å². The van der Waals surface area contributed by atoms with Crippen LogP contribution in [0, 0.1) is 11.6 Å². The van der Waals surface area contributed by atoms with Crippen LogP contribution in [-0.2, 0) is 9.59 Å². The second kappa shape index (κ2) is 6.86. The molecule has 116 valence electrons. The van der Waals surface area contributed by atoms with Gasteiger partial charge in [-0.3, -0.25) is 9.59 Å². The highest BCUT2D eigenvalue weighted by molar-refractivity contribution is 8.01. The molecule has 0 heterocycles. The lowest BCUT2D eigenvalue weighted by atomic mass is 10.1. The molecule has 8 heteroatoms. The number of anilines is 1. The largest absolute Gasteiger partial charge is 0.480 e. The Hall–Kier alpha value is -1.67. The van der Waals surface area contributed by atoms with E-state index in [1.54, 1.807) is 13.8 Å². The van der Waals surface area contributed by atoms with Crippen molar-refractivity contribution in [2.75, 3.05) is 11.1 Å². The van der Waals surface area contributed by atoms with Gasteiger partial charge in [-0.05, 0) is 26.0 Å². The van der Waals surface area contributed by atoms with Crippen molar-refractivity contribution >= 4 is 29.3 Å². The van der Waals surface area contributed by atoms with Gasteiger partial charge in [0.1, 0.15) is 17.7 Å². The summed E-state index contributed by atoms with van der Waals surface area (Å²) in [5.41, 5.74) is 5.38. The van der Waals surface area contributed by atoms with Gasteiger partial charge < -0.3 is 16.2 Å². The van der Waals surface area contributed by atoms with E-state index in [0.717, 1.165) is 23.9 Å². The van der Waals surface area contributed by atoms with Crippen LogP contribution in [0.25, 0.3) is 0 Å². The second-order valence-electron chi connectivity index (χ2n) is 4.88. The fourth-order valence-electron chi connectivity index (χ4n) is 1.42. The quantitative estimate of drug-likeness (QED) is 0.744. The van der Waals surface area contributed by atoms with Crippen molar-refractivity contribution < 1.29 is 23.5 Å². The SMILES string of the molecule is CC(C)(SCC(=O)Nc1ccc(F)cc1F)[C@@H](N)C(=O)O. The third-order valence-corrected chi connectivity index (χ3v) is 4.20. The van der Waals surface area contributed by atoms with E-state index in [9.17, 15) is 18.4 Å². The smallest absolute Gasteiger partial charge is 0.321 e. The molecule has 5 nitrogen and oxygen atoms in total. The van der Waals surface area contributed by atoms with Gasteiger partial charge >= 0.3 is 5.97 Å². The number of thioether (sulfide) groups is 1. The molecule has 0 spiro atoms. The number of hydrogen-bond donors (Lipinski definition) is 3. The number of carbonyl (C=O) groups is 2. The van der Waals surface area contributed by atoms with Crippen LogP contribution in [0.4, 0.5) is 14.5 Å². The van der Waals surface area contributed by atoms with E-state index in [1.807, 2.05) is 0 Å². The summed E-state index contributed by atoms with van der Waals surface area (Å²) in [6, 6.07) is 1.66. The zero-order valence-electron chi connectivity index (χ0n) is 11.5. The van der Waals surface area contributed by atoms with Gasteiger partial charge in [0.05, 0.1) is 11.4 Å². The summed E-state index contributed by atoms with van der Waals surface area (Å²) < 4.78 is 25.2. The van der Waals surface area contributed by atoms with Gasteiger partial charge in [0.15, 0.2) is 0 Å². The number of aliphatic carboxylic acids is 1. The van der Waals surface area contributed by atoms with Gasteiger partial charge in [-0.25, -0.2) is 8.78 Å². The molecule has 1 aromatic carbocycles. The Morgan fingerprint density at radius 1 is 1.43 bits per heavy atom. The highest BCUT2D eigenvalue weighted by Crippen LogP contribution is 2.27. The fraction of sp³-hybridized carbons (Fsp3) is 0.385. The lowest BCUT2D eigenvalue weighted by Crippen LogP contribution is -2.47. The van der Waals surface area contributed by atoms with E-state index in [-0.39, 0.29) is 11.4 Å². The predicted molar refractivity (Wildman–Crippen MR) is 77.1 cm³/mol. The van der Waals surface area contributed by atoms with Crippen LogP contribution < -0.4 is 11.1 Å². The van der Waals surface area contributed by atoms with Gasteiger partial charge in [-0.15, -0.1) is 11.8 Å². The molecule has 1 rings (SSSR count). The summed E-state index contributed by atoms with van der Waals surface area (Å²) in [5.74, 6) is -3.43. The third kappa shape index (κ3) is 4.98. The van der Waals surface area contributed by atoms with E-state index in [1.165, 1.54) is 0 Å². The standard InChI is InChI=1S/C13H16F2N2O3S/c1-13(2,11(16)12(19)20)21-6-10(18)17-9-4-3-7(14)5-8(9)15/h3-5,11H,6,16H2,1-2H3,(H,17,18)(H,19,20)/t11-/m0/s1. The molecule has 4 N–H and O–H groups in total. The first-order valence-corrected chi connectivity index (χ1v) is 6.99. The molecule has 0 aliphatic heterocycles. The Morgan fingerprint density at radius 3 is 2.57 bits per heavy atom.